The van der Waals surface area contributed by atoms with Gasteiger partial charge in [-0.2, -0.15) is 0 Å². The highest BCUT2D eigenvalue weighted by Gasteiger charge is 2.20. The van der Waals surface area contributed by atoms with Crippen molar-refractivity contribution in [2.45, 2.75) is 19.9 Å². The quantitative estimate of drug-likeness (QED) is 0.806. The van der Waals surface area contributed by atoms with Crippen molar-refractivity contribution in [3.8, 4) is 0 Å². The molecule has 1 unspecified atom stereocenters. The second-order valence-corrected chi connectivity index (χ2v) is 4.37. The molecule has 2 rings (SSSR count). The van der Waals surface area contributed by atoms with E-state index < -0.39 is 0 Å². The summed E-state index contributed by atoms with van der Waals surface area (Å²) >= 11 is 0. The Morgan fingerprint density at radius 2 is 2.47 bits per heavy atom. The van der Waals surface area contributed by atoms with E-state index in [2.05, 4.69) is 28.5 Å². The van der Waals surface area contributed by atoms with Crippen molar-refractivity contribution in [2.75, 3.05) is 29.9 Å². The Morgan fingerprint density at radius 1 is 1.65 bits per heavy atom. The molecule has 17 heavy (non-hydrogen) atoms. The molecule has 0 aromatic heterocycles. The maximum absolute atomic E-state index is 11.2. The average molecular weight is 232 g/mol. The number of hydrogen-bond acceptors (Lipinski definition) is 3. The Kier molecular flexibility index (Phi) is 3.64. The maximum Gasteiger partial charge on any atom is 0.221 e. The molecule has 1 aromatic rings. The van der Waals surface area contributed by atoms with Gasteiger partial charge in [-0.25, -0.2) is 0 Å². The fourth-order valence-corrected chi connectivity index (χ4v) is 2.16. The molecule has 1 aromatic carbocycles. The summed E-state index contributed by atoms with van der Waals surface area (Å²) < 4.78 is 0. The fraction of sp³-hybridized carbons (Fsp3) is 0.462. The van der Waals surface area contributed by atoms with Crippen molar-refractivity contribution in [3.05, 3.63) is 24.3 Å². The molecular formula is C13H18N3O. The van der Waals surface area contributed by atoms with E-state index >= 15 is 0 Å². The summed E-state index contributed by atoms with van der Waals surface area (Å²) in [5.74, 6) is -0.0476. The fourth-order valence-electron chi connectivity index (χ4n) is 2.16. The van der Waals surface area contributed by atoms with Gasteiger partial charge >= 0.3 is 0 Å². The number of carbonyl (C=O) groups is 1. The van der Waals surface area contributed by atoms with Gasteiger partial charge < -0.3 is 15.5 Å². The summed E-state index contributed by atoms with van der Waals surface area (Å²) in [6.07, 6.45) is 0. The van der Waals surface area contributed by atoms with Crippen LogP contribution in [0.25, 0.3) is 0 Å². The molecule has 4 nitrogen and oxygen atoms in total. The third-order valence-electron chi connectivity index (χ3n) is 2.96. The van der Waals surface area contributed by atoms with Crippen molar-refractivity contribution < 1.29 is 4.79 Å². The van der Waals surface area contributed by atoms with E-state index in [1.165, 1.54) is 6.92 Å². The molecule has 91 valence electrons. The third kappa shape index (κ3) is 2.77. The van der Waals surface area contributed by atoms with Gasteiger partial charge in [0.2, 0.25) is 5.91 Å². The minimum atomic E-state index is -0.0476. The molecule has 1 radical (unpaired) electrons. The van der Waals surface area contributed by atoms with Crippen molar-refractivity contribution in [1.29, 1.82) is 0 Å². The largest absolute Gasteiger partial charge is 0.365 e. The average Bonchev–Trinajstić information content (AvgIpc) is 2.30. The van der Waals surface area contributed by atoms with Gasteiger partial charge in [-0.05, 0) is 25.1 Å². The van der Waals surface area contributed by atoms with Crippen LogP contribution in [-0.4, -0.2) is 31.6 Å². The zero-order chi connectivity index (χ0) is 12.3. The smallest absolute Gasteiger partial charge is 0.221 e. The van der Waals surface area contributed by atoms with Crippen molar-refractivity contribution in [3.63, 3.8) is 0 Å². The standard InChI is InChI=1S/C13H18N3O/c1-10-9-14-7-8-16(10)13-6-4-3-5-12(13)15-11(2)17/h4-6,10,14H,7-9H2,1-2H3,(H,15,17). The first-order chi connectivity index (χ1) is 8.18. The highest BCUT2D eigenvalue weighted by Crippen LogP contribution is 2.27. The van der Waals surface area contributed by atoms with Gasteiger partial charge in [0, 0.05) is 32.6 Å². The van der Waals surface area contributed by atoms with Gasteiger partial charge in [-0.1, -0.05) is 6.07 Å². The molecule has 2 N–H and O–H groups in total. The summed E-state index contributed by atoms with van der Waals surface area (Å²) in [5.41, 5.74) is 1.92. The lowest BCUT2D eigenvalue weighted by molar-refractivity contribution is -0.114. The number of rotatable bonds is 2. The number of nitrogens with one attached hydrogen (secondary N) is 2. The summed E-state index contributed by atoms with van der Waals surface area (Å²) in [6, 6.07) is 9.15. The van der Waals surface area contributed by atoms with E-state index in [0.717, 1.165) is 31.0 Å². The maximum atomic E-state index is 11.2. The number of hydrogen-bond donors (Lipinski definition) is 2. The lowest BCUT2D eigenvalue weighted by atomic mass is 10.1. The number of amides is 1. The lowest BCUT2D eigenvalue weighted by Gasteiger charge is -2.36. The Morgan fingerprint density at radius 3 is 3.18 bits per heavy atom. The van der Waals surface area contributed by atoms with Crippen LogP contribution in [0.4, 0.5) is 11.4 Å². The molecule has 0 aliphatic carbocycles. The lowest BCUT2D eigenvalue weighted by Crippen LogP contribution is -2.50. The number of benzene rings is 1. The van der Waals surface area contributed by atoms with Crippen LogP contribution in [0.5, 0.6) is 0 Å². The molecule has 0 spiro atoms. The highest BCUT2D eigenvalue weighted by molar-refractivity contribution is 5.92. The Balaban J connectivity index is 2.26. The zero-order valence-electron chi connectivity index (χ0n) is 10.3. The van der Waals surface area contributed by atoms with E-state index in [4.69, 9.17) is 0 Å². The predicted octanol–water partition coefficient (Wildman–Crippen LogP) is 1.24. The molecule has 1 atom stereocenters. The van der Waals surface area contributed by atoms with Crippen molar-refractivity contribution >= 4 is 17.3 Å². The normalized spacial score (nSPS) is 20.1. The summed E-state index contributed by atoms with van der Waals surface area (Å²) in [5, 5.41) is 6.22. The van der Waals surface area contributed by atoms with Crippen molar-refractivity contribution in [2.24, 2.45) is 0 Å². The van der Waals surface area contributed by atoms with E-state index in [1.54, 1.807) is 0 Å². The number of carbonyl (C=O) groups excluding carboxylic acids is 1. The van der Waals surface area contributed by atoms with Crippen LogP contribution in [0.3, 0.4) is 0 Å². The van der Waals surface area contributed by atoms with Crippen LogP contribution in [0.15, 0.2) is 18.2 Å². The van der Waals surface area contributed by atoms with E-state index in [0.29, 0.717) is 6.04 Å². The van der Waals surface area contributed by atoms with Crippen LogP contribution in [0, 0.1) is 6.07 Å². The second kappa shape index (κ2) is 5.19. The van der Waals surface area contributed by atoms with Gasteiger partial charge in [0.25, 0.3) is 0 Å². The first kappa shape index (κ1) is 11.9. The molecule has 0 bridgehead atoms. The number of anilines is 2. The van der Waals surface area contributed by atoms with Gasteiger partial charge in [-0.15, -0.1) is 0 Å². The molecule has 1 fully saturated rings. The van der Waals surface area contributed by atoms with Crippen LogP contribution >= 0.6 is 0 Å². The molecule has 1 amide bonds. The van der Waals surface area contributed by atoms with Gasteiger partial charge in [0.1, 0.15) is 0 Å². The minimum absolute atomic E-state index is 0.0476. The van der Waals surface area contributed by atoms with E-state index in [-0.39, 0.29) is 5.91 Å². The first-order valence-corrected chi connectivity index (χ1v) is 5.93. The van der Waals surface area contributed by atoms with Gasteiger partial charge in [-0.3, -0.25) is 4.79 Å². The predicted molar refractivity (Wildman–Crippen MR) is 69.3 cm³/mol. The summed E-state index contributed by atoms with van der Waals surface area (Å²) in [7, 11) is 0. The van der Waals surface area contributed by atoms with Crippen LogP contribution in [-0.2, 0) is 4.79 Å². The Labute approximate surface area is 102 Å². The van der Waals surface area contributed by atoms with E-state index in [9.17, 15) is 4.79 Å². The monoisotopic (exact) mass is 232 g/mol. The number of piperazine rings is 1. The molecular weight excluding hydrogens is 214 g/mol. The summed E-state index contributed by atoms with van der Waals surface area (Å²) in [4.78, 5) is 13.5. The van der Waals surface area contributed by atoms with Crippen LogP contribution < -0.4 is 15.5 Å². The van der Waals surface area contributed by atoms with Crippen molar-refractivity contribution in [1.82, 2.24) is 5.32 Å². The highest BCUT2D eigenvalue weighted by atomic mass is 16.1. The van der Waals surface area contributed by atoms with Crippen LogP contribution in [0.1, 0.15) is 13.8 Å². The Hall–Kier alpha value is -1.55. The third-order valence-corrected chi connectivity index (χ3v) is 2.96. The Bertz CT molecular complexity index is 405. The molecule has 0 saturated carbocycles. The van der Waals surface area contributed by atoms with E-state index in [1.807, 2.05) is 18.2 Å². The molecule has 1 aliphatic heterocycles. The van der Waals surface area contributed by atoms with Gasteiger partial charge in [0.05, 0.1) is 11.4 Å². The SMILES string of the molecule is CC(=O)Nc1c[c]ccc1N1CCNCC1C. The molecule has 1 aliphatic rings. The zero-order valence-corrected chi connectivity index (χ0v) is 10.3. The second-order valence-electron chi connectivity index (χ2n) is 4.37. The van der Waals surface area contributed by atoms with Crippen LogP contribution in [0.2, 0.25) is 0 Å². The summed E-state index contributed by atoms with van der Waals surface area (Å²) in [6.45, 7) is 6.61. The molecule has 1 saturated heterocycles. The minimum Gasteiger partial charge on any atom is -0.365 e. The number of nitrogens with zero attached hydrogens (tertiary/aromatic N) is 1. The van der Waals surface area contributed by atoms with Gasteiger partial charge in [0.15, 0.2) is 0 Å². The topological polar surface area (TPSA) is 44.4 Å². The molecule has 4 heteroatoms. The first-order valence-electron chi connectivity index (χ1n) is 5.93. The molecule has 1 heterocycles.